The van der Waals surface area contributed by atoms with Crippen molar-refractivity contribution in [3.8, 4) is 0 Å². The summed E-state index contributed by atoms with van der Waals surface area (Å²) in [5.74, 6) is -1.58. The Kier molecular flexibility index (Phi) is 2.86. The maximum Gasteiger partial charge on any atom is 0.288 e. The molecule has 2 fully saturated rings. The van der Waals surface area contributed by atoms with Crippen LogP contribution < -0.4 is 5.43 Å². The number of fused-ring (bicyclic) bond motifs is 6. The molecule has 1 saturated carbocycles. The molecule has 2 aliphatic carbocycles. The fourth-order valence-corrected chi connectivity index (χ4v) is 4.36. The van der Waals surface area contributed by atoms with Gasteiger partial charge in [0.25, 0.3) is 17.7 Å². The Labute approximate surface area is 143 Å². The smallest absolute Gasteiger partial charge is 0.272 e. The van der Waals surface area contributed by atoms with Crippen LogP contribution in [0.15, 0.2) is 48.6 Å². The number of nitrogens with zero attached hydrogens (tertiary/aromatic N) is 2. The quantitative estimate of drug-likeness (QED) is 0.670. The summed E-state index contributed by atoms with van der Waals surface area (Å²) in [5.41, 5.74) is 3.33. The molecule has 1 saturated heterocycles. The normalized spacial score (nSPS) is 29.5. The average molecular weight is 333 g/mol. The molecular formula is C19H15N3O3. The lowest BCUT2D eigenvalue weighted by Crippen LogP contribution is -2.47. The molecule has 0 unspecified atom stereocenters. The molecule has 6 heteroatoms. The second-order valence-corrected chi connectivity index (χ2v) is 6.84. The van der Waals surface area contributed by atoms with E-state index in [-0.39, 0.29) is 41.2 Å². The van der Waals surface area contributed by atoms with Crippen LogP contribution in [0.2, 0.25) is 0 Å². The zero-order valence-electron chi connectivity index (χ0n) is 13.3. The number of hydrogen-bond acceptors (Lipinski definition) is 4. The molecule has 2 aromatic rings. The van der Waals surface area contributed by atoms with Gasteiger partial charge >= 0.3 is 0 Å². The van der Waals surface area contributed by atoms with Crippen LogP contribution in [-0.4, -0.2) is 27.7 Å². The Morgan fingerprint density at radius 3 is 2.40 bits per heavy atom. The van der Waals surface area contributed by atoms with Gasteiger partial charge in [-0.15, -0.1) is 0 Å². The fraction of sp³-hybridized carbons (Fsp3) is 0.263. The van der Waals surface area contributed by atoms with Crippen molar-refractivity contribution >= 4 is 28.6 Å². The van der Waals surface area contributed by atoms with E-state index in [0.717, 1.165) is 16.8 Å². The van der Waals surface area contributed by atoms with E-state index in [4.69, 9.17) is 0 Å². The highest BCUT2D eigenvalue weighted by atomic mass is 16.2. The molecule has 0 spiro atoms. The van der Waals surface area contributed by atoms with Crippen molar-refractivity contribution in [2.24, 2.45) is 23.7 Å². The van der Waals surface area contributed by atoms with E-state index in [9.17, 15) is 14.4 Å². The number of imide groups is 1. The van der Waals surface area contributed by atoms with E-state index >= 15 is 0 Å². The van der Waals surface area contributed by atoms with Gasteiger partial charge in [-0.1, -0.05) is 36.4 Å². The van der Waals surface area contributed by atoms with Crippen molar-refractivity contribution in [2.75, 3.05) is 0 Å². The Morgan fingerprint density at radius 1 is 1.00 bits per heavy atom. The molecule has 124 valence electrons. The van der Waals surface area contributed by atoms with Crippen molar-refractivity contribution in [1.82, 2.24) is 15.4 Å². The molecule has 3 aliphatic rings. The van der Waals surface area contributed by atoms with Crippen LogP contribution in [0, 0.1) is 23.7 Å². The first kappa shape index (κ1) is 14.3. The van der Waals surface area contributed by atoms with Gasteiger partial charge in [0, 0.05) is 5.39 Å². The molecule has 1 aromatic heterocycles. The van der Waals surface area contributed by atoms with E-state index in [0.29, 0.717) is 5.52 Å². The van der Waals surface area contributed by atoms with Crippen LogP contribution in [0.1, 0.15) is 16.9 Å². The summed E-state index contributed by atoms with van der Waals surface area (Å²) in [6, 6.07) is 10.8. The second-order valence-electron chi connectivity index (χ2n) is 6.84. The number of pyridine rings is 1. The first-order chi connectivity index (χ1) is 12.1. The number of carbonyl (C=O) groups excluding carboxylic acids is 3. The minimum absolute atomic E-state index is 0.118. The Morgan fingerprint density at radius 2 is 1.68 bits per heavy atom. The Balaban J connectivity index is 1.40. The standard InChI is InChI=1S/C19H15N3O3/c23-17(14-8-7-10-3-1-2-4-13(10)20-14)21-22-18(24)15-11-5-6-12(9-11)16(15)19(22)25/h1-8,11-12,15-16H,9H2,(H,21,23)/t11-,12-,15-,16+/m0/s1. The first-order valence-electron chi connectivity index (χ1n) is 8.36. The number of para-hydroxylation sites is 1. The van der Waals surface area contributed by atoms with Gasteiger partial charge in [0.1, 0.15) is 5.69 Å². The van der Waals surface area contributed by atoms with Crippen molar-refractivity contribution in [3.05, 3.63) is 54.2 Å². The number of allylic oxidation sites excluding steroid dienone is 2. The summed E-state index contributed by atoms with van der Waals surface area (Å²) >= 11 is 0. The van der Waals surface area contributed by atoms with Crippen molar-refractivity contribution in [2.45, 2.75) is 6.42 Å². The number of amides is 3. The van der Waals surface area contributed by atoms with Gasteiger partial charge in [0.15, 0.2) is 0 Å². The highest BCUT2D eigenvalue weighted by molar-refractivity contribution is 6.08. The average Bonchev–Trinajstić information content (AvgIpc) is 3.31. The van der Waals surface area contributed by atoms with Gasteiger partial charge < -0.3 is 0 Å². The minimum atomic E-state index is -0.548. The molecule has 6 nitrogen and oxygen atoms in total. The van der Waals surface area contributed by atoms with Crippen LogP contribution in [0.3, 0.4) is 0 Å². The van der Waals surface area contributed by atoms with Gasteiger partial charge in [-0.2, -0.15) is 5.01 Å². The van der Waals surface area contributed by atoms with Gasteiger partial charge in [-0.05, 0) is 30.4 Å². The number of benzene rings is 1. The number of hydrogen-bond donors (Lipinski definition) is 1. The highest BCUT2D eigenvalue weighted by Crippen LogP contribution is 2.52. The van der Waals surface area contributed by atoms with E-state index in [1.54, 1.807) is 12.1 Å². The largest absolute Gasteiger partial charge is 0.288 e. The third-order valence-electron chi connectivity index (χ3n) is 5.51. The summed E-state index contributed by atoms with van der Waals surface area (Å²) in [5, 5.41) is 1.82. The van der Waals surface area contributed by atoms with E-state index in [2.05, 4.69) is 10.4 Å². The van der Waals surface area contributed by atoms with Crippen molar-refractivity contribution in [3.63, 3.8) is 0 Å². The summed E-state index contributed by atoms with van der Waals surface area (Å²) in [7, 11) is 0. The molecule has 5 rings (SSSR count). The van der Waals surface area contributed by atoms with Crippen LogP contribution in [0.4, 0.5) is 0 Å². The van der Waals surface area contributed by atoms with Gasteiger partial charge in [0.05, 0.1) is 17.4 Å². The number of hydrazine groups is 1. The lowest BCUT2D eigenvalue weighted by atomic mass is 9.85. The Hall–Kier alpha value is -3.02. The third-order valence-corrected chi connectivity index (χ3v) is 5.51. The summed E-state index contributed by atoms with van der Waals surface area (Å²) < 4.78 is 0. The topological polar surface area (TPSA) is 79.4 Å². The van der Waals surface area contributed by atoms with E-state index in [1.165, 1.54) is 0 Å². The number of rotatable bonds is 2. The van der Waals surface area contributed by atoms with Crippen molar-refractivity contribution in [1.29, 1.82) is 0 Å². The highest BCUT2D eigenvalue weighted by Gasteiger charge is 2.59. The SMILES string of the molecule is O=C(NN1C(=O)[C@@H]2[C@H](C1=O)[C@H]1C=C[C@H]2C1)c1ccc2ccccc2n1. The van der Waals surface area contributed by atoms with Gasteiger partial charge in [0.2, 0.25) is 0 Å². The van der Waals surface area contributed by atoms with Crippen LogP contribution in [0.25, 0.3) is 10.9 Å². The number of carbonyl (C=O) groups is 3. The molecule has 1 N–H and O–H groups in total. The summed E-state index contributed by atoms with van der Waals surface area (Å²) in [6.45, 7) is 0. The molecule has 1 aromatic carbocycles. The molecule has 2 heterocycles. The third kappa shape index (κ3) is 1.97. The molecule has 25 heavy (non-hydrogen) atoms. The number of nitrogens with one attached hydrogen (secondary N) is 1. The zero-order valence-corrected chi connectivity index (χ0v) is 13.3. The lowest BCUT2D eigenvalue weighted by molar-refractivity contribution is -0.143. The van der Waals surface area contributed by atoms with Gasteiger partial charge in [-0.3, -0.25) is 19.8 Å². The maximum atomic E-state index is 12.6. The fourth-order valence-electron chi connectivity index (χ4n) is 4.36. The first-order valence-corrected chi connectivity index (χ1v) is 8.36. The summed E-state index contributed by atoms with van der Waals surface area (Å²) in [4.78, 5) is 42.0. The molecule has 4 atom stereocenters. The van der Waals surface area contributed by atoms with Gasteiger partial charge in [-0.25, -0.2) is 4.98 Å². The molecule has 3 amide bonds. The predicted molar refractivity (Wildman–Crippen MR) is 88.8 cm³/mol. The van der Waals surface area contributed by atoms with Crippen molar-refractivity contribution < 1.29 is 14.4 Å². The second kappa shape index (κ2) is 4.99. The lowest BCUT2D eigenvalue weighted by Gasteiger charge is -2.17. The molecular weight excluding hydrogens is 318 g/mol. The van der Waals surface area contributed by atoms with E-state index < -0.39 is 5.91 Å². The van der Waals surface area contributed by atoms with Crippen LogP contribution >= 0.6 is 0 Å². The predicted octanol–water partition coefficient (Wildman–Crippen LogP) is 1.69. The molecule has 1 aliphatic heterocycles. The summed E-state index contributed by atoms with van der Waals surface area (Å²) in [6.07, 6.45) is 4.90. The molecule has 2 bridgehead atoms. The zero-order chi connectivity index (χ0) is 17.1. The van der Waals surface area contributed by atoms with Crippen LogP contribution in [-0.2, 0) is 9.59 Å². The van der Waals surface area contributed by atoms with E-state index in [1.807, 2.05) is 36.4 Å². The molecule has 0 radical (unpaired) electrons. The maximum absolute atomic E-state index is 12.6. The monoisotopic (exact) mass is 333 g/mol. The Bertz CT molecular complexity index is 937. The van der Waals surface area contributed by atoms with Crippen LogP contribution in [0.5, 0.6) is 0 Å². The number of aromatic nitrogens is 1. The minimum Gasteiger partial charge on any atom is -0.272 e.